The Kier molecular flexibility index (Phi) is 2.48. The molecule has 0 amide bonds. The molecule has 2 atom stereocenters. The van der Waals surface area contributed by atoms with E-state index < -0.39 is 0 Å². The van der Waals surface area contributed by atoms with Crippen molar-refractivity contribution in [3.05, 3.63) is 12.2 Å². The van der Waals surface area contributed by atoms with Gasteiger partial charge in [0.2, 0.25) is 0 Å². The van der Waals surface area contributed by atoms with Gasteiger partial charge in [0.25, 0.3) is 0 Å². The van der Waals surface area contributed by atoms with Gasteiger partial charge in [0.1, 0.15) is 0 Å². The summed E-state index contributed by atoms with van der Waals surface area (Å²) in [7, 11) is 0. The molecule has 0 aromatic carbocycles. The lowest BCUT2D eigenvalue weighted by Gasteiger charge is -2.08. The highest BCUT2D eigenvalue weighted by molar-refractivity contribution is 5.98. The van der Waals surface area contributed by atoms with Gasteiger partial charge in [0.15, 0.2) is 0 Å². The minimum absolute atomic E-state index is 0.629. The van der Waals surface area contributed by atoms with Gasteiger partial charge in [-0.05, 0) is 32.1 Å². The second kappa shape index (κ2) is 3.21. The van der Waals surface area contributed by atoms with Crippen LogP contribution in [0.1, 0.15) is 33.1 Å². The molecule has 1 saturated carbocycles. The van der Waals surface area contributed by atoms with Crippen LogP contribution < -0.4 is 0 Å². The Morgan fingerprint density at radius 2 is 2.36 bits per heavy atom. The molecular weight excluding hydrogens is 134 g/mol. The predicted molar refractivity (Wildman–Crippen MR) is 49.0 cm³/mol. The molecule has 0 aliphatic heterocycles. The van der Waals surface area contributed by atoms with Crippen LogP contribution in [0.25, 0.3) is 0 Å². The Labute approximate surface area is 69.0 Å². The first-order valence-electron chi connectivity index (χ1n) is 4.31. The molecule has 1 nitrogen and oxygen atoms in total. The largest absolute Gasteiger partial charge is 0.309 e. The number of allylic oxidation sites excluding steroid dienone is 1. The van der Waals surface area contributed by atoms with Gasteiger partial charge < -0.3 is 5.41 Å². The monoisotopic (exact) mass is 151 g/mol. The van der Waals surface area contributed by atoms with Crippen molar-refractivity contribution in [3.63, 3.8) is 0 Å². The topological polar surface area (TPSA) is 23.9 Å². The third-order valence-electron chi connectivity index (χ3n) is 2.18. The molecule has 0 saturated heterocycles. The lowest BCUT2D eigenvalue weighted by atomic mass is 9.97. The number of hydrogen-bond donors (Lipinski definition) is 1. The zero-order valence-electron chi connectivity index (χ0n) is 7.48. The maximum Gasteiger partial charge on any atom is 0.0130 e. The highest BCUT2D eigenvalue weighted by atomic mass is 14.5. The summed E-state index contributed by atoms with van der Waals surface area (Å²) >= 11 is 0. The molecule has 1 heteroatoms. The van der Waals surface area contributed by atoms with E-state index in [1.807, 2.05) is 0 Å². The van der Waals surface area contributed by atoms with E-state index in [0.717, 1.165) is 24.5 Å². The Hall–Kier alpha value is -0.590. The highest BCUT2D eigenvalue weighted by Gasteiger charge is 2.30. The summed E-state index contributed by atoms with van der Waals surface area (Å²) in [4.78, 5) is 0. The van der Waals surface area contributed by atoms with Crippen molar-refractivity contribution < 1.29 is 0 Å². The maximum atomic E-state index is 7.32. The standard InChI is InChI=1S/C10H17N/c1-7(2)4-8(3)5-9-6-10(9)11/h8-9,11H,1,4-6H2,2-3H3. The van der Waals surface area contributed by atoms with Gasteiger partial charge in [0, 0.05) is 11.6 Å². The molecule has 1 fully saturated rings. The molecule has 1 aliphatic carbocycles. The van der Waals surface area contributed by atoms with Crippen LogP contribution in [0, 0.1) is 17.2 Å². The molecule has 11 heavy (non-hydrogen) atoms. The third kappa shape index (κ3) is 2.87. The van der Waals surface area contributed by atoms with Crippen molar-refractivity contribution in [1.82, 2.24) is 0 Å². The SMILES string of the molecule is C=C(C)CC(C)CC1CC1=N. The van der Waals surface area contributed by atoms with E-state index >= 15 is 0 Å². The van der Waals surface area contributed by atoms with Crippen LogP contribution >= 0.6 is 0 Å². The first-order valence-corrected chi connectivity index (χ1v) is 4.31. The number of rotatable bonds is 4. The molecule has 0 radical (unpaired) electrons. The van der Waals surface area contributed by atoms with E-state index in [-0.39, 0.29) is 0 Å². The van der Waals surface area contributed by atoms with Crippen molar-refractivity contribution >= 4 is 5.71 Å². The third-order valence-corrected chi connectivity index (χ3v) is 2.18. The fourth-order valence-corrected chi connectivity index (χ4v) is 1.60. The van der Waals surface area contributed by atoms with E-state index in [0.29, 0.717) is 5.92 Å². The summed E-state index contributed by atoms with van der Waals surface area (Å²) in [5.41, 5.74) is 2.23. The predicted octanol–water partition coefficient (Wildman–Crippen LogP) is 3.02. The van der Waals surface area contributed by atoms with E-state index in [1.165, 1.54) is 12.0 Å². The molecule has 1 rings (SSSR count). The average molecular weight is 151 g/mol. The van der Waals surface area contributed by atoms with Gasteiger partial charge in [-0.1, -0.05) is 12.5 Å². The first kappa shape index (κ1) is 8.51. The lowest BCUT2D eigenvalue weighted by Crippen LogP contribution is -1.97. The average Bonchev–Trinajstić information content (AvgIpc) is 2.43. The smallest absolute Gasteiger partial charge is 0.0130 e. The minimum Gasteiger partial charge on any atom is -0.309 e. The minimum atomic E-state index is 0.629. The summed E-state index contributed by atoms with van der Waals surface area (Å²) in [5, 5.41) is 7.32. The fourth-order valence-electron chi connectivity index (χ4n) is 1.60. The van der Waals surface area contributed by atoms with Crippen LogP contribution in [-0.2, 0) is 0 Å². The molecule has 1 aliphatic rings. The fraction of sp³-hybridized carbons (Fsp3) is 0.700. The van der Waals surface area contributed by atoms with Gasteiger partial charge in [-0.15, -0.1) is 6.58 Å². The van der Waals surface area contributed by atoms with Gasteiger partial charge in [-0.2, -0.15) is 0 Å². The Morgan fingerprint density at radius 3 is 2.73 bits per heavy atom. The van der Waals surface area contributed by atoms with Crippen LogP contribution in [0.3, 0.4) is 0 Å². The molecule has 1 N–H and O–H groups in total. The molecule has 0 heterocycles. The van der Waals surface area contributed by atoms with Crippen LogP contribution in [0.15, 0.2) is 12.2 Å². The summed E-state index contributed by atoms with van der Waals surface area (Å²) in [6.07, 6.45) is 3.38. The van der Waals surface area contributed by atoms with Gasteiger partial charge in [-0.25, -0.2) is 0 Å². The second-order valence-electron chi connectivity index (χ2n) is 3.93. The summed E-state index contributed by atoms with van der Waals surface area (Å²) in [5.74, 6) is 1.35. The second-order valence-corrected chi connectivity index (χ2v) is 3.93. The molecule has 0 bridgehead atoms. The van der Waals surface area contributed by atoms with Crippen molar-refractivity contribution in [3.8, 4) is 0 Å². The molecule has 0 spiro atoms. The van der Waals surface area contributed by atoms with Crippen LogP contribution in [-0.4, -0.2) is 5.71 Å². The normalized spacial score (nSPS) is 24.9. The van der Waals surface area contributed by atoms with Gasteiger partial charge in [-0.3, -0.25) is 0 Å². The quantitative estimate of drug-likeness (QED) is 0.597. The van der Waals surface area contributed by atoms with E-state index in [2.05, 4.69) is 20.4 Å². The molecular formula is C10H17N. The lowest BCUT2D eigenvalue weighted by molar-refractivity contribution is 0.506. The maximum absolute atomic E-state index is 7.32. The van der Waals surface area contributed by atoms with E-state index in [1.54, 1.807) is 0 Å². The molecule has 2 unspecified atom stereocenters. The molecule has 0 aromatic rings. The van der Waals surface area contributed by atoms with Gasteiger partial charge >= 0.3 is 0 Å². The van der Waals surface area contributed by atoms with Crippen LogP contribution in [0.5, 0.6) is 0 Å². The van der Waals surface area contributed by atoms with Crippen molar-refractivity contribution in [1.29, 1.82) is 5.41 Å². The van der Waals surface area contributed by atoms with Crippen LogP contribution in [0.2, 0.25) is 0 Å². The summed E-state index contributed by atoms with van der Waals surface area (Å²) < 4.78 is 0. The molecule has 0 aromatic heterocycles. The molecule has 62 valence electrons. The summed E-state index contributed by atoms with van der Waals surface area (Å²) in [6.45, 7) is 8.22. The number of hydrogen-bond acceptors (Lipinski definition) is 1. The summed E-state index contributed by atoms with van der Waals surface area (Å²) in [6, 6.07) is 0. The zero-order chi connectivity index (χ0) is 8.43. The van der Waals surface area contributed by atoms with Crippen molar-refractivity contribution in [2.45, 2.75) is 33.1 Å². The van der Waals surface area contributed by atoms with Crippen molar-refractivity contribution in [2.24, 2.45) is 11.8 Å². The number of nitrogens with one attached hydrogen (secondary N) is 1. The Bertz CT molecular complexity index is 181. The highest BCUT2D eigenvalue weighted by Crippen LogP contribution is 2.32. The van der Waals surface area contributed by atoms with Gasteiger partial charge in [0.05, 0.1) is 0 Å². The zero-order valence-corrected chi connectivity index (χ0v) is 7.48. The van der Waals surface area contributed by atoms with Crippen LogP contribution in [0.4, 0.5) is 0 Å². The Morgan fingerprint density at radius 1 is 1.82 bits per heavy atom. The van der Waals surface area contributed by atoms with E-state index in [9.17, 15) is 0 Å². The van der Waals surface area contributed by atoms with E-state index in [4.69, 9.17) is 5.41 Å². The Balaban J connectivity index is 2.16. The first-order chi connectivity index (χ1) is 5.09. The van der Waals surface area contributed by atoms with Crippen molar-refractivity contribution in [2.75, 3.05) is 0 Å².